The Morgan fingerprint density at radius 2 is 2.04 bits per heavy atom. The lowest BCUT2D eigenvalue weighted by molar-refractivity contribution is 0.226. The standard InChI is InChI=1S/C21H26N2O2/c1-22(2)11-12-25-21-18(24)8-7-15-13-17-19-14(9-10-23(17)3)5-4-6-16(19)20(15)21/h4-8,17,24H,9-13H2,1-3H3. The SMILES string of the molecule is CN(C)CCOc1c(O)ccc2c1-c1cccc3c1C(C2)N(C)CC3. The van der Waals surface area contributed by atoms with Gasteiger partial charge in [-0.2, -0.15) is 0 Å². The van der Waals surface area contributed by atoms with E-state index in [1.807, 2.05) is 14.1 Å². The fourth-order valence-corrected chi connectivity index (χ4v) is 4.14. The molecular formula is C21H26N2O2. The molecule has 1 atom stereocenters. The quantitative estimate of drug-likeness (QED) is 0.929. The van der Waals surface area contributed by atoms with E-state index in [0.29, 0.717) is 18.4 Å². The minimum Gasteiger partial charge on any atom is -0.504 e. The van der Waals surface area contributed by atoms with Gasteiger partial charge in [-0.15, -0.1) is 0 Å². The van der Waals surface area contributed by atoms with Gasteiger partial charge in [0.2, 0.25) is 0 Å². The predicted molar refractivity (Wildman–Crippen MR) is 100 cm³/mol. The smallest absolute Gasteiger partial charge is 0.169 e. The second kappa shape index (κ2) is 6.36. The Hall–Kier alpha value is -2.04. The first-order chi connectivity index (χ1) is 12.1. The third kappa shape index (κ3) is 2.79. The summed E-state index contributed by atoms with van der Waals surface area (Å²) >= 11 is 0. The number of phenols is 1. The molecule has 1 unspecified atom stereocenters. The highest BCUT2D eigenvalue weighted by Gasteiger charge is 2.34. The zero-order valence-corrected chi connectivity index (χ0v) is 15.2. The van der Waals surface area contributed by atoms with E-state index in [2.05, 4.69) is 41.1 Å². The Balaban J connectivity index is 1.83. The van der Waals surface area contributed by atoms with Gasteiger partial charge >= 0.3 is 0 Å². The molecule has 0 radical (unpaired) electrons. The van der Waals surface area contributed by atoms with Crippen LogP contribution in [0, 0.1) is 0 Å². The van der Waals surface area contributed by atoms with E-state index in [1.165, 1.54) is 22.3 Å². The highest BCUT2D eigenvalue weighted by Crippen LogP contribution is 2.50. The first-order valence-corrected chi connectivity index (χ1v) is 9.01. The fraction of sp³-hybridized carbons (Fsp3) is 0.429. The molecule has 1 heterocycles. The number of fused-ring (bicyclic) bond motifs is 2. The average molecular weight is 338 g/mol. The third-order valence-electron chi connectivity index (χ3n) is 5.49. The van der Waals surface area contributed by atoms with Gasteiger partial charge in [0.25, 0.3) is 0 Å². The zero-order valence-electron chi connectivity index (χ0n) is 15.2. The maximum Gasteiger partial charge on any atom is 0.169 e. The van der Waals surface area contributed by atoms with E-state index in [9.17, 15) is 5.11 Å². The molecule has 4 heteroatoms. The van der Waals surface area contributed by atoms with E-state index in [0.717, 1.165) is 31.5 Å². The van der Waals surface area contributed by atoms with Crippen molar-refractivity contribution in [3.8, 4) is 22.6 Å². The summed E-state index contributed by atoms with van der Waals surface area (Å²) in [6, 6.07) is 10.8. The Morgan fingerprint density at radius 1 is 1.20 bits per heavy atom. The first kappa shape index (κ1) is 16.4. The summed E-state index contributed by atoms with van der Waals surface area (Å²) in [6.07, 6.45) is 2.06. The lowest BCUT2D eigenvalue weighted by atomic mass is 9.77. The highest BCUT2D eigenvalue weighted by atomic mass is 16.5. The molecule has 1 N–H and O–H groups in total. The first-order valence-electron chi connectivity index (χ1n) is 9.01. The van der Waals surface area contributed by atoms with Crippen LogP contribution in [-0.2, 0) is 12.8 Å². The second-order valence-electron chi connectivity index (χ2n) is 7.43. The summed E-state index contributed by atoms with van der Waals surface area (Å²) < 4.78 is 6.05. The van der Waals surface area contributed by atoms with Gasteiger partial charge in [-0.3, -0.25) is 4.90 Å². The van der Waals surface area contributed by atoms with Crippen LogP contribution in [-0.4, -0.2) is 55.7 Å². The van der Waals surface area contributed by atoms with Crippen LogP contribution < -0.4 is 4.74 Å². The molecule has 0 bridgehead atoms. The molecule has 2 aliphatic rings. The van der Waals surface area contributed by atoms with E-state index in [4.69, 9.17) is 4.74 Å². The third-order valence-corrected chi connectivity index (χ3v) is 5.49. The Labute approximate surface area is 149 Å². The van der Waals surface area contributed by atoms with Gasteiger partial charge in [-0.05, 0) is 62.3 Å². The Morgan fingerprint density at radius 3 is 2.84 bits per heavy atom. The molecule has 1 aliphatic heterocycles. The van der Waals surface area contributed by atoms with Crippen LogP contribution >= 0.6 is 0 Å². The van der Waals surface area contributed by atoms with Crippen molar-refractivity contribution in [3.05, 3.63) is 47.0 Å². The number of ether oxygens (including phenoxy) is 1. The molecule has 0 saturated carbocycles. The van der Waals surface area contributed by atoms with Crippen LogP contribution in [0.4, 0.5) is 0 Å². The number of aromatic hydroxyl groups is 1. The predicted octanol–water partition coefficient (Wildman–Crippen LogP) is 3.08. The molecule has 4 nitrogen and oxygen atoms in total. The van der Waals surface area contributed by atoms with Gasteiger partial charge in [0.15, 0.2) is 11.5 Å². The largest absolute Gasteiger partial charge is 0.504 e. The van der Waals surface area contributed by atoms with Gasteiger partial charge in [0.05, 0.1) is 0 Å². The maximum absolute atomic E-state index is 10.5. The molecule has 0 spiro atoms. The normalized spacial score (nSPS) is 18.8. The summed E-state index contributed by atoms with van der Waals surface area (Å²) in [4.78, 5) is 4.54. The molecule has 0 amide bonds. The average Bonchev–Trinajstić information content (AvgIpc) is 2.59. The molecule has 1 aliphatic carbocycles. The number of nitrogens with zero attached hydrogens (tertiary/aromatic N) is 2. The van der Waals surface area contributed by atoms with Crippen LogP contribution in [0.25, 0.3) is 11.1 Å². The summed E-state index contributed by atoms with van der Waals surface area (Å²) in [6.45, 7) is 2.48. The summed E-state index contributed by atoms with van der Waals surface area (Å²) in [5.41, 5.74) is 6.44. The van der Waals surface area contributed by atoms with Crippen LogP contribution in [0.1, 0.15) is 22.7 Å². The Bertz CT molecular complexity index is 801. The zero-order chi connectivity index (χ0) is 17.6. The van der Waals surface area contributed by atoms with Crippen LogP contribution in [0.2, 0.25) is 0 Å². The van der Waals surface area contributed by atoms with Crippen molar-refractivity contribution in [1.29, 1.82) is 0 Å². The number of hydrogen-bond acceptors (Lipinski definition) is 4. The van der Waals surface area contributed by atoms with E-state index in [-0.39, 0.29) is 5.75 Å². The number of rotatable bonds is 4. The summed E-state index contributed by atoms with van der Waals surface area (Å²) in [7, 11) is 6.26. The van der Waals surface area contributed by atoms with Gasteiger partial charge in [-0.25, -0.2) is 0 Å². The number of benzene rings is 2. The monoisotopic (exact) mass is 338 g/mol. The van der Waals surface area contributed by atoms with Gasteiger partial charge in [0, 0.05) is 24.7 Å². The molecule has 132 valence electrons. The minimum absolute atomic E-state index is 0.234. The van der Waals surface area contributed by atoms with Crippen LogP contribution in [0.15, 0.2) is 30.3 Å². The van der Waals surface area contributed by atoms with Crippen molar-refractivity contribution < 1.29 is 9.84 Å². The van der Waals surface area contributed by atoms with Crippen LogP contribution in [0.5, 0.6) is 11.5 Å². The van der Waals surface area contributed by atoms with Crippen molar-refractivity contribution in [1.82, 2.24) is 9.80 Å². The van der Waals surface area contributed by atoms with E-state index in [1.54, 1.807) is 6.07 Å². The van der Waals surface area contributed by atoms with Crippen molar-refractivity contribution in [3.63, 3.8) is 0 Å². The number of phenolic OH excluding ortho intramolecular Hbond substituents is 1. The highest BCUT2D eigenvalue weighted by molar-refractivity contribution is 5.82. The lowest BCUT2D eigenvalue weighted by Crippen LogP contribution is -2.35. The summed E-state index contributed by atoms with van der Waals surface area (Å²) in [5.74, 6) is 0.872. The maximum atomic E-state index is 10.5. The summed E-state index contributed by atoms with van der Waals surface area (Å²) in [5, 5.41) is 10.5. The molecule has 4 rings (SSSR count). The topological polar surface area (TPSA) is 35.9 Å². The van der Waals surface area contributed by atoms with Crippen molar-refractivity contribution in [2.45, 2.75) is 18.9 Å². The Kier molecular flexibility index (Phi) is 4.18. The van der Waals surface area contributed by atoms with Gasteiger partial charge < -0.3 is 14.7 Å². The minimum atomic E-state index is 0.234. The fourth-order valence-electron chi connectivity index (χ4n) is 4.14. The van der Waals surface area contributed by atoms with Crippen molar-refractivity contribution >= 4 is 0 Å². The lowest BCUT2D eigenvalue weighted by Gasteiger charge is -2.40. The molecule has 0 aromatic heterocycles. The molecule has 2 aromatic rings. The molecule has 25 heavy (non-hydrogen) atoms. The molecule has 0 fully saturated rings. The number of likely N-dealkylation sites (N-methyl/N-ethyl adjacent to an activating group) is 2. The second-order valence-corrected chi connectivity index (χ2v) is 7.43. The molecule has 2 aromatic carbocycles. The van der Waals surface area contributed by atoms with Crippen molar-refractivity contribution in [2.24, 2.45) is 0 Å². The van der Waals surface area contributed by atoms with Gasteiger partial charge in [0.1, 0.15) is 6.61 Å². The van der Waals surface area contributed by atoms with Gasteiger partial charge in [-0.1, -0.05) is 24.3 Å². The molecular weight excluding hydrogens is 312 g/mol. The molecule has 0 saturated heterocycles. The van der Waals surface area contributed by atoms with E-state index >= 15 is 0 Å². The van der Waals surface area contributed by atoms with Crippen LogP contribution in [0.3, 0.4) is 0 Å². The van der Waals surface area contributed by atoms with E-state index < -0.39 is 0 Å². The number of hydrogen-bond donors (Lipinski definition) is 1. The van der Waals surface area contributed by atoms with Crippen molar-refractivity contribution in [2.75, 3.05) is 40.8 Å².